The quantitative estimate of drug-likeness (QED) is 0.723. The molecule has 0 spiro atoms. The van der Waals surface area contributed by atoms with Gasteiger partial charge in [0.1, 0.15) is 0 Å². The predicted molar refractivity (Wildman–Crippen MR) is 97.6 cm³/mol. The highest BCUT2D eigenvalue weighted by atomic mass is 16.5. The molecule has 0 radical (unpaired) electrons. The molecule has 0 bridgehead atoms. The van der Waals surface area contributed by atoms with Crippen LogP contribution in [0.25, 0.3) is 0 Å². The summed E-state index contributed by atoms with van der Waals surface area (Å²) in [6.07, 6.45) is 2.62. The van der Waals surface area contributed by atoms with E-state index in [4.69, 9.17) is 14.6 Å². The summed E-state index contributed by atoms with van der Waals surface area (Å²) in [4.78, 5) is 27.4. The second-order valence-corrected chi connectivity index (χ2v) is 6.46. The number of nitrogens with zero attached hydrogens (tertiary/aromatic N) is 2. The molecule has 1 fully saturated rings. The van der Waals surface area contributed by atoms with E-state index >= 15 is 0 Å². The molecule has 1 N–H and O–H groups in total. The van der Waals surface area contributed by atoms with Crippen LogP contribution in [-0.2, 0) is 9.59 Å². The molecule has 1 aliphatic heterocycles. The Hall–Kier alpha value is -2.28. The van der Waals surface area contributed by atoms with Crippen molar-refractivity contribution in [1.82, 2.24) is 9.80 Å². The maximum Gasteiger partial charge on any atom is 0.317 e. The first-order valence-electron chi connectivity index (χ1n) is 8.95. The first-order valence-corrected chi connectivity index (χ1v) is 8.95. The highest BCUT2D eigenvalue weighted by Gasteiger charge is 2.31. The van der Waals surface area contributed by atoms with Gasteiger partial charge in [0.15, 0.2) is 11.5 Å². The minimum Gasteiger partial charge on any atom is -0.493 e. The van der Waals surface area contributed by atoms with Crippen molar-refractivity contribution in [2.24, 2.45) is 0 Å². The Labute approximate surface area is 154 Å². The Bertz CT molecular complexity index is 634. The van der Waals surface area contributed by atoms with E-state index in [1.54, 1.807) is 19.1 Å². The van der Waals surface area contributed by atoms with Gasteiger partial charge in [-0.05, 0) is 43.5 Å². The summed E-state index contributed by atoms with van der Waals surface area (Å²) < 4.78 is 10.6. The van der Waals surface area contributed by atoms with Crippen LogP contribution in [0.2, 0.25) is 0 Å². The molecule has 7 heteroatoms. The van der Waals surface area contributed by atoms with E-state index in [9.17, 15) is 9.59 Å². The largest absolute Gasteiger partial charge is 0.493 e. The number of benzene rings is 1. The lowest BCUT2D eigenvalue weighted by Crippen LogP contribution is -2.42. The molecular weight excluding hydrogens is 336 g/mol. The van der Waals surface area contributed by atoms with Crippen LogP contribution in [0.4, 0.5) is 0 Å². The number of carbonyl (C=O) groups excluding carboxylic acids is 1. The van der Waals surface area contributed by atoms with E-state index in [0.717, 1.165) is 24.8 Å². The lowest BCUT2D eigenvalue weighted by molar-refractivity contribution is -0.140. The highest BCUT2D eigenvalue weighted by molar-refractivity contribution is 5.80. The molecule has 1 aromatic rings. The Morgan fingerprint density at radius 3 is 2.58 bits per heavy atom. The van der Waals surface area contributed by atoms with Crippen molar-refractivity contribution < 1.29 is 24.2 Å². The van der Waals surface area contributed by atoms with Gasteiger partial charge in [0.25, 0.3) is 0 Å². The van der Waals surface area contributed by atoms with Crippen molar-refractivity contribution in [2.45, 2.75) is 32.2 Å². The average molecular weight is 364 g/mol. The van der Waals surface area contributed by atoms with Crippen LogP contribution in [0.1, 0.15) is 37.8 Å². The third-order valence-electron chi connectivity index (χ3n) is 4.62. The van der Waals surface area contributed by atoms with E-state index in [1.165, 1.54) is 0 Å². The van der Waals surface area contributed by atoms with Crippen molar-refractivity contribution in [3.8, 4) is 11.5 Å². The second kappa shape index (κ2) is 9.43. The number of carboxylic acids is 1. The van der Waals surface area contributed by atoms with Crippen molar-refractivity contribution in [3.63, 3.8) is 0 Å². The Morgan fingerprint density at radius 1 is 1.23 bits per heavy atom. The summed E-state index contributed by atoms with van der Waals surface area (Å²) in [5.74, 6) is 0.353. The fourth-order valence-electron chi connectivity index (χ4n) is 3.48. The van der Waals surface area contributed by atoms with Crippen LogP contribution in [0.3, 0.4) is 0 Å². The molecular formula is C19H28N2O5. The van der Waals surface area contributed by atoms with E-state index in [2.05, 4.69) is 0 Å². The highest BCUT2D eigenvalue weighted by Crippen LogP contribution is 2.36. The van der Waals surface area contributed by atoms with Gasteiger partial charge in [0, 0.05) is 6.54 Å². The predicted octanol–water partition coefficient (Wildman–Crippen LogP) is 2.16. The maximum atomic E-state index is 12.8. The summed E-state index contributed by atoms with van der Waals surface area (Å²) in [7, 11) is 3.18. The topological polar surface area (TPSA) is 79.3 Å². The average Bonchev–Trinajstić information content (AvgIpc) is 3.10. The number of ether oxygens (including phenoxy) is 2. The number of carboxylic acid groups (broad SMARTS) is 1. The van der Waals surface area contributed by atoms with Crippen molar-refractivity contribution in [1.29, 1.82) is 0 Å². The molecule has 1 atom stereocenters. The molecule has 26 heavy (non-hydrogen) atoms. The van der Waals surface area contributed by atoms with Gasteiger partial charge < -0.3 is 19.5 Å². The van der Waals surface area contributed by atoms with Gasteiger partial charge in [-0.25, -0.2) is 0 Å². The normalized spacial score (nSPS) is 16.8. The van der Waals surface area contributed by atoms with Crippen molar-refractivity contribution in [3.05, 3.63) is 23.8 Å². The Balaban J connectivity index is 2.13. The van der Waals surface area contributed by atoms with E-state index in [0.29, 0.717) is 24.6 Å². The van der Waals surface area contributed by atoms with Gasteiger partial charge in [0.2, 0.25) is 5.91 Å². The molecule has 144 valence electrons. The van der Waals surface area contributed by atoms with Gasteiger partial charge in [-0.3, -0.25) is 14.5 Å². The number of hydrogen-bond acceptors (Lipinski definition) is 5. The zero-order valence-corrected chi connectivity index (χ0v) is 15.7. The summed E-state index contributed by atoms with van der Waals surface area (Å²) in [6.45, 7) is 3.26. The van der Waals surface area contributed by atoms with Gasteiger partial charge in [0.05, 0.1) is 33.4 Å². The fourth-order valence-corrected chi connectivity index (χ4v) is 3.48. The molecule has 1 aliphatic rings. The Kier molecular flexibility index (Phi) is 7.26. The maximum absolute atomic E-state index is 12.8. The molecule has 0 saturated carbocycles. The summed E-state index contributed by atoms with van der Waals surface area (Å²) in [6, 6.07) is 5.70. The summed E-state index contributed by atoms with van der Waals surface area (Å²) in [5, 5.41) is 9.03. The lowest BCUT2D eigenvalue weighted by Gasteiger charge is -2.28. The number of hydrogen-bond donors (Lipinski definition) is 1. The minimum atomic E-state index is -0.913. The third-order valence-corrected chi connectivity index (χ3v) is 4.62. The van der Waals surface area contributed by atoms with Crippen LogP contribution in [0, 0.1) is 0 Å². The van der Waals surface area contributed by atoms with E-state index < -0.39 is 5.97 Å². The molecule has 2 rings (SSSR count). The molecule has 1 unspecified atom stereocenters. The number of carbonyl (C=O) groups is 2. The number of amides is 1. The first kappa shape index (κ1) is 20.0. The minimum absolute atomic E-state index is 0.0180. The van der Waals surface area contributed by atoms with Gasteiger partial charge in [-0.15, -0.1) is 0 Å². The second-order valence-electron chi connectivity index (χ2n) is 6.46. The summed E-state index contributed by atoms with van der Waals surface area (Å²) in [5.41, 5.74) is 1.01. The molecule has 1 saturated heterocycles. The van der Waals surface area contributed by atoms with Gasteiger partial charge in [-0.1, -0.05) is 13.0 Å². The van der Waals surface area contributed by atoms with Crippen LogP contribution >= 0.6 is 0 Å². The molecule has 1 aromatic carbocycles. The zero-order chi connectivity index (χ0) is 19.1. The molecule has 7 nitrogen and oxygen atoms in total. The first-order chi connectivity index (χ1) is 12.5. The van der Waals surface area contributed by atoms with Crippen LogP contribution in [-0.4, -0.2) is 67.2 Å². The number of aliphatic carboxylic acids is 1. The Morgan fingerprint density at radius 2 is 1.96 bits per heavy atom. The SMILES string of the molecule is CCCN(CC(=O)O)CC(=O)N1CCCC1c1ccc(OC)c(OC)c1. The van der Waals surface area contributed by atoms with Gasteiger partial charge in [-0.2, -0.15) is 0 Å². The van der Waals surface area contributed by atoms with Gasteiger partial charge >= 0.3 is 5.97 Å². The monoisotopic (exact) mass is 364 g/mol. The molecule has 1 heterocycles. The smallest absolute Gasteiger partial charge is 0.317 e. The third kappa shape index (κ3) is 4.88. The number of methoxy groups -OCH3 is 2. The van der Waals surface area contributed by atoms with Crippen LogP contribution in [0.15, 0.2) is 18.2 Å². The van der Waals surface area contributed by atoms with E-state index in [1.807, 2.05) is 30.0 Å². The molecule has 0 aliphatic carbocycles. The lowest BCUT2D eigenvalue weighted by atomic mass is 10.0. The zero-order valence-electron chi connectivity index (χ0n) is 15.7. The standard InChI is InChI=1S/C19H28N2O5/c1-4-9-20(13-19(23)24)12-18(22)21-10-5-6-15(21)14-7-8-16(25-2)17(11-14)26-3/h7-8,11,15H,4-6,9-10,12-13H2,1-3H3,(H,23,24). The fraction of sp³-hybridized carbons (Fsp3) is 0.579. The summed E-state index contributed by atoms with van der Waals surface area (Å²) >= 11 is 0. The molecule has 0 aromatic heterocycles. The number of rotatable bonds is 9. The van der Waals surface area contributed by atoms with Crippen LogP contribution in [0.5, 0.6) is 11.5 Å². The van der Waals surface area contributed by atoms with E-state index in [-0.39, 0.29) is 25.0 Å². The number of likely N-dealkylation sites (tertiary alicyclic amines) is 1. The molecule has 1 amide bonds. The van der Waals surface area contributed by atoms with Crippen molar-refractivity contribution in [2.75, 3.05) is 40.4 Å². The van der Waals surface area contributed by atoms with Crippen molar-refractivity contribution >= 4 is 11.9 Å². The van der Waals surface area contributed by atoms with Crippen LogP contribution < -0.4 is 9.47 Å².